The van der Waals surface area contributed by atoms with Crippen molar-refractivity contribution in [1.82, 2.24) is 15.3 Å². The number of hydrogen-bond acceptors (Lipinski definition) is 9. The van der Waals surface area contributed by atoms with Crippen LogP contribution in [0.3, 0.4) is 0 Å². The minimum atomic E-state index is -3.90. The number of aromatic nitrogens is 2. The Labute approximate surface area is 272 Å². The van der Waals surface area contributed by atoms with E-state index in [0.717, 1.165) is 51.5 Å². The van der Waals surface area contributed by atoms with Crippen molar-refractivity contribution in [1.29, 1.82) is 5.41 Å². The van der Waals surface area contributed by atoms with Gasteiger partial charge in [0.1, 0.15) is 5.82 Å². The van der Waals surface area contributed by atoms with Gasteiger partial charge in [0.15, 0.2) is 0 Å². The van der Waals surface area contributed by atoms with E-state index in [1.165, 1.54) is 23.5 Å². The number of nitrogens with zero attached hydrogens (tertiary/aromatic N) is 3. The van der Waals surface area contributed by atoms with Crippen molar-refractivity contribution in [2.24, 2.45) is 0 Å². The van der Waals surface area contributed by atoms with Gasteiger partial charge in [0.2, 0.25) is 5.95 Å². The predicted molar refractivity (Wildman–Crippen MR) is 184 cm³/mol. The first-order chi connectivity index (χ1) is 22.1. The predicted octanol–water partition coefficient (Wildman–Crippen LogP) is 5.57. The third kappa shape index (κ3) is 9.03. The molecular formula is C34H47N7O4S. The van der Waals surface area contributed by atoms with Crippen LogP contribution in [0.5, 0.6) is 0 Å². The number of anilines is 3. The molecule has 0 aliphatic heterocycles. The first kappa shape index (κ1) is 34.8. The topological polar surface area (TPSA) is 160 Å². The van der Waals surface area contributed by atoms with Gasteiger partial charge in [-0.15, -0.1) is 0 Å². The molecule has 1 saturated carbocycles. The summed E-state index contributed by atoms with van der Waals surface area (Å²) in [5.74, 6) is 0.832. The molecule has 1 aromatic heterocycles. The number of rotatable bonds is 16. The average molecular weight is 650 g/mol. The molecule has 248 valence electrons. The Hall–Kier alpha value is -4.03. The number of amides is 1. The number of aliphatic hydroxyl groups excluding tert-OH is 1. The normalized spacial score (nSPS) is 16.4. The average Bonchev–Trinajstić information content (AvgIpc) is 3.07. The van der Waals surface area contributed by atoms with Crippen LogP contribution >= 0.6 is 0 Å². The van der Waals surface area contributed by atoms with Gasteiger partial charge in [0, 0.05) is 43.5 Å². The van der Waals surface area contributed by atoms with Crippen LogP contribution in [0.1, 0.15) is 93.1 Å². The van der Waals surface area contributed by atoms with Gasteiger partial charge in [0.25, 0.3) is 15.9 Å². The molecule has 1 aliphatic carbocycles. The maximum atomic E-state index is 13.5. The Morgan fingerprint density at radius 2 is 1.59 bits per heavy atom. The summed E-state index contributed by atoms with van der Waals surface area (Å²) < 4.78 is 28.2. The van der Waals surface area contributed by atoms with Crippen LogP contribution in [0.15, 0.2) is 59.6 Å². The molecule has 0 radical (unpaired) electrons. The second kappa shape index (κ2) is 16.5. The second-order valence-electron chi connectivity index (χ2n) is 11.8. The zero-order valence-electron chi connectivity index (χ0n) is 27.1. The monoisotopic (exact) mass is 649 g/mol. The lowest BCUT2D eigenvalue weighted by Gasteiger charge is -2.27. The minimum Gasteiger partial charge on any atom is -0.393 e. The molecule has 12 heteroatoms. The number of carbonyl (C=O) groups excluding carboxylic acids is 1. The van der Waals surface area contributed by atoms with E-state index in [1.54, 1.807) is 42.6 Å². The fraction of sp³-hybridized carbons (Fsp3) is 0.471. The van der Waals surface area contributed by atoms with Gasteiger partial charge in [-0.05, 0) is 74.9 Å². The number of sulfonamides is 1. The molecule has 0 unspecified atom stereocenters. The van der Waals surface area contributed by atoms with Gasteiger partial charge in [-0.25, -0.2) is 13.4 Å². The molecule has 0 saturated heterocycles. The van der Waals surface area contributed by atoms with Crippen LogP contribution in [0.25, 0.3) is 0 Å². The Morgan fingerprint density at radius 3 is 2.24 bits per heavy atom. The molecule has 0 atom stereocenters. The standard InChI is InChI=1S/C34H47N7O4S/c1-4-6-8-22-36-33(43)25-9-15-27(16-10-25)41(3)46(44,45)29-19-11-24(12-20-29)31(35)30-23-38-34(37-21-7-5-2)40-32(30)39-26-13-17-28(42)18-14-26/h9-12,15-16,19-20,23,26,28,35,42H,4-8,13-14,17-18,21-22H2,1-3H3,(H,36,43)(H2,37,38,39,40)/t26-,28+. The van der Waals surface area contributed by atoms with E-state index in [2.05, 4.69) is 34.8 Å². The summed E-state index contributed by atoms with van der Waals surface area (Å²) in [6.07, 6.45) is 9.41. The molecule has 3 aromatic rings. The number of aliphatic hydroxyl groups is 1. The molecular weight excluding hydrogens is 602 g/mol. The fourth-order valence-corrected chi connectivity index (χ4v) is 6.49. The van der Waals surface area contributed by atoms with E-state index in [-0.39, 0.29) is 28.7 Å². The molecule has 1 fully saturated rings. The quantitative estimate of drug-likeness (QED) is 0.0995. The van der Waals surface area contributed by atoms with E-state index in [0.29, 0.717) is 53.5 Å². The molecule has 4 rings (SSSR count). The summed E-state index contributed by atoms with van der Waals surface area (Å²) in [6, 6.07) is 12.8. The van der Waals surface area contributed by atoms with Crippen molar-refractivity contribution in [3.63, 3.8) is 0 Å². The highest BCUT2D eigenvalue weighted by molar-refractivity contribution is 7.92. The third-order valence-electron chi connectivity index (χ3n) is 8.27. The van der Waals surface area contributed by atoms with Gasteiger partial charge in [-0.2, -0.15) is 4.98 Å². The van der Waals surface area contributed by atoms with Crippen LogP contribution in [-0.2, 0) is 10.0 Å². The molecule has 1 aliphatic rings. The van der Waals surface area contributed by atoms with Crippen LogP contribution in [-0.4, -0.2) is 67.4 Å². The Kier molecular flexibility index (Phi) is 12.5. The Bertz CT molecular complexity index is 1560. The summed E-state index contributed by atoms with van der Waals surface area (Å²) in [5.41, 5.74) is 2.09. The van der Waals surface area contributed by atoms with E-state index in [1.807, 2.05) is 0 Å². The minimum absolute atomic E-state index is 0.0788. The first-order valence-corrected chi connectivity index (χ1v) is 17.7. The van der Waals surface area contributed by atoms with Crippen LogP contribution in [0, 0.1) is 5.41 Å². The summed E-state index contributed by atoms with van der Waals surface area (Å²) >= 11 is 0. The Balaban J connectivity index is 1.48. The molecule has 2 aromatic carbocycles. The maximum absolute atomic E-state index is 13.5. The molecule has 0 spiro atoms. The largest absolute Gasteiger partial charge is 0.393 e. The zero-order valence-corrected chi connectivity index (χ0v) is 27.9. The number of nitrogens with one attached hydrogen (secondary N) is 4. The van der Waals surface area contributed by atoms with Crippen LogP contribution < -0.4 is 20.3 Å². The van der Waals surface area contributed by atoms with Gasteiger partial charge in [-0.3, -0.25) is 14.5 Å². The smallest absolute Gasteiger partial charge is 0.264 e. The molecule has 0 bridgehead atoms. The van der Waals surface area contributed by atoms with Gasteiger partial charge in [-0.1, -0.05) is 45.2 Å². The van der Waals surface area contributed by atoms with Crippen molar-refractivity contribution >= 4 is 39.1 Å². The van der Waals surface area contributed by atoms with E-state index >= 15 is 0 Å². The highest BCUT2D eigenvalue weighted by Gasteiger charge is 2.24. The third-order valence-corrected chi connectivity index (χ3v) is 10.1. The number of benzene rings is 2. The lowest BCUT2D eigenvalue weighted by molar-refractivity contribution is 0.0953. The summed E-state index contributed by atoms with van der Waals surface area (Å²) in [7, 11) is -2.43. The number of carbonyl (C=O) groups is 1. The van der Waals surface area contributed by atoms with E-state index < -0.39 is 10.0 Å². The van der Waals surface area contributed by atoms with Crippen molar-refractivity contribution in [3.8, 4) is 0 Å². The van der Waals surface area contributed by atoms with Crippen molar-refractivity contribution < 1.29 is 18.3 Å². The van der Waals surface area contributed by atoms with Crippen molar-refractivity contribution in [2.75, 3.05) is 35.1 Å². The lowest BCUT2D eigenvalue weighted by Crippen LogP contribution is -2.29. The second-order valence-corrected chi connectivity index (χ2v) is 13.7. The molecule has 46 heavy (non-hydrogen) atoms. The van der Waals surface area contributed by atoms with Gasteiger partial charge < -0.3 is 21.1 Å². The molecule has 5 N–H and O–H groups in total. The molecule has 1 heterocycles. The summed E-state index contributed by atoms with van der Waals surface area (Å²) in [6.45, 7) is 5.56. The SMILES string of the molecule is CCCCCNC(=O)c1ccc(N(C)S(=O)(=O)c2ccc(C(=N)c3cnc(NCCCC)nc3N[C@H]3CC[C@@H](O)CC3)cc2)cc1. The van der Waals surface area contributed by atoms with E-state index in [9.17, 15) is 18.3 Å². The maximum Gasteiger partial charge on any atom is 0.264 e. The highest BCUT2D eigenvalue weighted by Crippen LogP contribution is 2.27. The zero-order chi connectivity index (χ0) is 33.1. The first-order valence-electron chi connectivity index (χ1n) is 16.3. The summed E-state index contributed by atoms with van der Waals surface area (Å²) in [4.78, 5) is 21.6. The highest BCUT2D eigenvalue weighted by atomic mass is 32.2. The molecule has 11 nitrogen and oxygen atoms in total. The lowest BCUT2D eigenvalue weighted by atomic mass is 9.93. The number of unbranched alkanes of at least 4 members (excludes halogenated alkanes) is 3. The van der Waals surface area contributed by atoms with Crippen LogP contribution in [0.2, 0.25) is 0 Å². The van der Waals surface area contributed by atoms with Crippen molar-refractivity contribution in [2.45, 2.75) is 88.7 Å². The number of hydrogen-bond donors (Lipinski definition) is 5. The van der Waals surface area contributed by atoms with E-state index in [4.69, 9.17) is 10.4 Å². The van der Waals surface area contributed by atoms with Gasteiger partial charge >= 0.3 is 0 Å². The fourth-order valence-electron chi connectivity index (χ4n) is 5.30. The van der Waals surface area contributed by atoms with Gasteiger partial charge in [0.05, 0.1) is 28.0 Å². The molecule has 1 amide bonds. The summed E-state index contributed by atoms with van der Waals surface area (Å²) in [5, 5.41) is 28.5. The van der Waals surface area contributed by atoms with Crippen molar-refractivity contribution in [3.05, 3.63) is 71.4 Å². The Morgan fingerprint density at radius 1 is 0.935 bits per heavy atom. The van der Waals surface area contributed by atoms with Crippen LogP contribution in [0.4, 0.5) is 17.5 Å².